The quantitative estimate of drug-likeness (QED) is 0.731. The van der Waals surface area contributed by atoms with Crippen molar-refractivity contribution in [3.05, 3.63) is 42.0 Å². The van der Waals surface area contributed by atoms with Crippen LogP contribution >= 0.6 is 7.94 Å². The molecule has 0 bridgehead atoms. The number of benzene rings is 2. The van der Waals surface area contributed by atoms with Gasteiger partial charge in [0.15, 0.2) is 0 Å². The molecule has 24 heavy (non-hydrogen) atoms. The second-order valence-corrected chi connectivity index (χ2v) is 7.42. The molecule has 130 valence electrons. The summed E-state index contributed by atoms with van der Waals surface area (Å²) < 4.78 is 10.3. The number of hydrogen-bond donors (Lipinski definition) is 1. The third kappa shape index (κ3) is 3.84. The molecule has 0 aromatic heterocycles. The fraction of sp³-hybridized carbons (Fsp3) is 0.353. The van der Waals surface area contributed by atoms with Gasteiger partial charge >= 0.3 is 5.97 Å². The SMILES string of the molecule is CCO[P+]([O-])(OCC)C(Cc1c([O-])ccc2ccccc12)C(=O)O. The summed E-state index contributed by atoms with van der Waals surface area (Å²) in [5.41, 5.74) is -1.13. The number of fused-ring (bicyclic) bond motifs is 1. The third-order valence-electron chi connectivity index (χ3n) is 3.68. The van der Waals surface area contributed by atoms with Crippen LogP contribution in [0.1, 0.15) is 19.4 Å². The lowest BCUT2D eigenvalue weighted by molar-refractivity contribution is -0.269. The van der Waals surface area contributed by atoms with Gasteiger partial charge in [-0.05, 0) is 30.2 Å². The summed E-state index contributed by atoms with van der Waals surface area (Å²) in [7, 11) is -3.89. The molecule has 2 rings (SSSR count). The predicted molar refractivity (Wildman–Crippen MR) is 88.7 cm³/mol. The van der Waals surface area contributed by atoms with Gasteiger partial charge in [0.05, 0.1) is 13.2 Å². The average molecular weight is 351 g/mol. The molecular formula is C17H20O6P-. The first-order chi connectivity index (χ1) is 11.4. The Kier molecular flexibility index (Phi) is 6.13. The summed E-state index contributed by atoms with van der Waals surface area (Å²) in [4.78, 5) is 24.6. The maximum absolute atomic E-state index is 12.9. The van der Waals surface area contributed by atoms with Crippen LogP contribution in [0.25, 0.3) is 10.8 Å². The summed E-state index contributed by atoms with van der Waals surface area (Å²) in [6.45, 7) is 3.34. The predicted octanol–water partition coefficient (Wildman–Crippen LogP) is 2.10. The second kappa shape index (κ2) is 7.90. The number of carbonyl (C=O) groups is 1. The van der Waals surface area contributed by atoms with E-state index in [2.05, 4.69) is 0 Å². The molecule has 0 aliphatic rings. The zero-order valence-corrected chi connectivity index (χ0v) is 14.5. The van der Waals surface area contributed by atoms with E-state index in [1.807, 2.05) is 12.1 Å². The Morgan fingerprint density at radius 1 is 1.17 bits per heavy atom. The van der Waals surface area contributed by atoms with Crippen LogP contribution in [0.2, 0.25) is 0 Å². The number of aliphatic carboxylic acids is 1. The maximum Gasteiger partial charge on any atom is 0.350 e. The van der Waals surface area contributed by atoms with Crippen molar-refractivity contribution in [1.29, 1.82) is 0 Å². The zero-order chi connectivity index (χ0) is 17.7. The lowest BCUT2D eigenvalue weighted by Crippen LogP contribution is -2.35. The molecule has 0 radical (unpaired) electrons. The van der Waals surface area contributed by atoms with E-state index < -0.39 is 19.6 Å². The minimum Gasteiger partial charge on any atom is -0.872 e. The van der Waals surface area contributed by atoms with Crippen LogP contribution in [0.4, 0.5) is 0 Å². The van der Waals surface area contributed by atoms with E-state index in [0.717, 1.165) is 5.39 Å². The molecule has 0 fully saturated rings. The molecule has 0 aliphatic heterocycles. The molecule has 0 saturated carbocycles. The summed E-state index contributed by atoms with van der Waals surface area (Å²) >= 11 is 0. The average Bonchev–Trinajstić information content (AvgIpc) is 2.54. The van der Waals surface area contributed by atoms with Gasteiger partial charge in [0.1, 0.15) is 0 Å². The second-order valence-electron chi connectivity index (χ2n) is 5.20. The van der Waals surface area contributed by atoms with E-state index in [0.29, 0.717) is 10.9 Å². The van der Waals surface area contributed by atoms with Crippen molar-refractivity contribution in [3.63, 3.8) is 0 Å². The topological polar surface area (TPSA) is 102 Å². The highest BCUT2D eigenvalue weighted by atomic mass is 31.2. The molecule has 0 heterocycles. The van der Waals surface area contributed by atoms with Gasteiger partial charge in [0.25, 0.3) is 7.94 Å². The molecule has 7 heteroatoms. The Morgan fingerprint density at radius 3 is 2.38 bits per heavy atom. The number of hydrogen-bond acceptors (Lipinski definition) is 5. The van der Waals surface area contributed by atoms with Crippen molar-refractivity contribution >= 4 is 24.7 Å². The number of carboxylic acid groups (broad SMARTS) is 1. The highest BCUT2D eigenvalue weighted by Crippen LogP contribution is 2.58. The maximum atomic E-state index is 12.9. The first-order valence-electron chi connectivity index (χ1n) is 7.72. The Hall–Kier alpha value is -1.72. The Morgan fingerprint density at radius 2 is 1.79 bits per heavy atom. The van der Waals surface area contributed by atoms with Crippen molar-refractivity contribution in [2.24, 2.45) is 0 Å². The molecule has 1 N–H and O–H groups in total. The number of rotatable bonds is 8. The monoisotopic (exact) mass is 351 g/mol. The van der Waals surface area contributed by atoms with Gasteiger partial charge in [-0.3, -0.25) is 0 Å². The fourth-order valence-corrected chi connectivity index (χ4v) is 4.46. The molecule has 0 aliphatic carbocycles. The van der Waals surface area contributed by atoms with E-state index in [-0.39, 0.29) is 25.4 Å². The van der Waals surface area contributed by atoms with Crippen molar-refractivity contribution in [3.8, 4) is 5.75 Å². The van der Waals surface area contributed by atoms with Crippen LogP contribution in [-0.4, -0.2) is 29.9 Å². The third-order valence-corrected chi connectivity index (χ3v) is 6.08. The standard InChI is InChI=1S/C17H21O6P/c1-3-22-24(21,23-4-2)16(17(19)20)11-14-13-8-6-5-7-12(13)9-10-15(14)18/h5-10,16,18H,3-4,11H2,1-2H3,(H,19,20)/p-1. The molecule has 0 saturated heterocycles. The van der Waals surface area contributed by atoms with E-state index in [4.69, 9.17) is 9.05 Å². The van der Waals surface area contributed by atoms with Gasteiger partial charge in [-0.25, -0.2) is 13.8 Å². The van der Waals surface area contributed by atoms with Crippen molar-refractivity contribution in [2.45, 2.75) is 25.9 Å². The Labute approximate surface area is 141 Å². The normalized spacial score (nSPS) is 13.1. The lowest BCUT2D eigenvalue weighted by Gasteiger charge is -2.32. The van der Waals surface area contributed by atoms with E-state index >= 15 is 0 Å². The van der Waals surface area contributed by atoms with E-state index in [1.165, 1.54) is 6.07 Å². The van der Waals surface area contributed by atoms with Gasteiger partial charge in [-0.2, -0.15) is 0 Å². The molecular weight excluding hydrogens is 331 g/mol. The van der Waals surface area contributed by atoms with Crippen molar-refractivity contribution in [1.82, 2.24) is 0 Å². The first-order valence-corrected chi connectivity index (χ1v) is 9.33. The molecule has 6 nitrogen and oxygen atoms in total. The lowest BCUT2D eigenvalue weighted by atomic mass is 9.99. The summed E-state index contributed by atoms with van der Waals surface area (Å²) in [5, 5.41) is 23.3. The van der Waals surface area contributed by atoms with Crippen LogP contribution in [0.5, 0.6) is 5.75 Å². The number of carboxylic acids is 1. The van der Waals surface area contributed by atoms with Crippen LogP contribution in [0.15, 0.2) is 36.4 Å². The molecule has 2 aromatic rings. The zero-order valence-electron chi connectivity index (χ0n) is 13.6. The van der Waals surface area contributed by atoms with Crippen molar-refractivity contribution in [2.75, 3.05) is 13.2 Å². The van der Waals surface area contributed by atoms with Crippen LogP contribution in [-0.2, 0) is 20.3 Å². The van der Waals surface area contributed by atoms with Crippen LogP contribution in [0, 0.1) is 0 Å². The molecule has 1 atom stereocenters. The van der Waals surface area contributed by atoms with E-state index in [9.17, 15) is 19.9 Å². The van der Waals surface area contributed by atoms with Gasteiger partial charge in [-0.15, -0.1) is 5.75 Å². The van der Waals surface area contributed by atoms with Crippen LogP contribution < -0.4 is 10.00 Å². The van der Waals surface area contributed by atoms with Crippen molar-refractivity contribution < 1.29 is 28.9 Å². The fourth-order valence-electron chi connectivity index (χ4n) is 2.63. The highest BCUT2D eigenvalue weighted by Gasteiger charge is 2.46. The molecule has 2 aromatic carbocycles. The largest absolute Gasteiger partial charge is 0.872 e. The van der Waals surface area contributed by atoms with Gasteiger partial charge in [-0.1, -0.05) is 36.4 Å². The highest BCUT2D eigenvalue weighted by molar-refractivity contribution is 7.61. The summed E-state index contributed by atoms with van der Waals surface area (Å²) in [5.74, 6) is -1.60. The molecule has 1 unspecified atom stereocenters. The van der Waals surface area contributed by atoms with Gasteiger partial charge in [0.2, 0.25) is 5.66 Å². The summed E-state index contributed by atoms with van der Waals surface area (Å²) in [6.07, 6.45) is -0.215. The van der Waals surface area contributed by atoms with Gasteiger partial charge in [0, 0.05) is 6.42 Å². The Balaban J connectivity index is 2.48. The van der Waals surface area contributed by atoms with Crippen LogP contribution in [0.3, 0.4) is 0 Å². The van der Waals surface area contributed by atoms with E-state index in [1.54, 1.807) is 32.0 Å². The molecule has 0 amide bonds. The first kappa shape index (κ1) is 18.6. The molecule has 0 spiro atoms. The smallest absolute Gasteiger partial charge is 0.350 e. The Bertz CT molecular complexity index is 711. The van der Waals surface area contributed by atoms with Gasteiger partial charge < -0.3 is 15.1 Å². The summed E-state index contributed by atoms with van der Waals surface area (Å²) in [6, 6.07) is 10.3. The minimum absolute atomic E-state index is 0.0564. The minimum atomic E-state index is -3.89.